The highest BCUT2D eigenvalue weighted by Gasteiger charge is 2.31. The van der Waals surface area contributed by atoms with Crippen LogP contribution in [0.25, 0.3) is 0 Å². The van der Waals surface area contributed by atoms with Crippen LogP contribution < -0.4 is 0 Å². The lowest BCUT2D eigenvalue weighted by molar-refractivity contribution is -0.121. The van der Waals surface area contributed by atoms with E-state index in [2.05, 4.69) is 6.58 Å². The molecule has 3 fully saturated rings. The van der Waals surface area contributed by atoms with Gasteiger partial charge in [0, 0.05) is 5.92 Å². The minimum atomic E-state index is 0.299. The van der Waals surface area contributed by atoms with Crippen LogP contribution in [0.3, 0.4) is 0 Å². The van der Waals surface area contributed by atoms with Crippen molar-refractivity contribution in [3.63, 3.8) is 0 Å². The Bertz CT molecular complexity index is 394. The molecule has 3 rings (SSSR count). The Hall–Kier alpha value is -0.590. The standard InChI is InChI=1S/C28H50O/c1-25-26-21-19-17-15-13-11-9-7-5-3-2-4-6-8-10-12-14-16-18-20-22-27(24-23-26)28(25)29/h26-27H,1-24H2. The highest BCUT2D eigenvalue weighted by atomic mass is 16.1. The molecule has 0 aliphatic heterocycles. The Morgan fingerprint density at radius 2 is 0.690 bits per heavy atom. The SMILES string of the molecule is C=C1C(=O)C2CCCCCCCCCCCCCCCCCCCCCC1CC2. The second kappa shape index (κ2) is 16.1. The van der Waals surface area contributed by atoms with Crippen LogP contribution >= 0.6 is 0 Å². The molecule has 2 unspecified atom stereocenters. The molecule has 0 spiro atoms. The van der Waals surface area contributed by atoms with Gasteiger partial charge in [-0.1, -0.05) is 129 Å². The maximum atomic E-state index is 12.7. The molecule has 0 aromatic heterocycles. The van der Waals surface area contributed by atoms with E-state index in [-0.39, 0.29) is 0 Å². The van der Waals surface area contributed by atoms with E-state index in [1.165, 1.54) is 135 Å². The van der Waals surface area contributed by atoms with Crippen molar-refractivity contribution in [2.24, 2.45) is 11.8 Å². The predicted octanol–water partition coefficient (Wildman–Crippen LogP) is 9.34. The molecule has 0 aromatic rings. The van der Waals surface area contributed by atoms with Gasteiger partial charge in [0.25, 0.3) is 0 Å². The first-order valence-electron chi connectivity index (χ1n) is 13.5. The van der Waals surface area contributed by atoms with Gasteiger partial charge in [0.2, 0.25) is 0 Å². The molecule has 0 saturated heterocycles. The number of fused-ring (bicyclic) bond motifs is 22. The van der Waals surface area contributed by atoms with Gasteiger partial charge in [-0.2, -0.15) is 0 Å². The van der Waals surface area contributed by atoms with Crippen LogP contribution in [0.2, 0.25) is 0 Å². The summed E-state index contributed by atoms with van der Waals surface area (Å²) in [6.45, 7) is 4.23. The van der Waals surface area contributed by atoms with E-state index >= 15 is 0 Å². The zero-order valence-corrected chi connectivity index (χ0v) is 19.5. The number of rotatable bonds is 0. The van der Waals surface area contributed by atoms with E-state index in [0.717, 1.165) is 18.4 Å². The molecule has 0 aromatic carbocycles. The number of allylic oxidation sites excluding steroid dienone is 1. The molecule has 0 heterocycles. The third kappa shape index (κ3) is 10.8. The fraction of sp³-hybridized carbons (Fsp3) is 0.893. The number of Topliss-reactive ketones (excluding diaryl/α,β-unsaturated/α-hetero) is 1. The van der Waals surface area contributed by atoms with Crippen molar-refractivity contribution in [2.75, 3.05) is 0 Å². The third-order valence-electron chi connectivity index (χ3n) is 7.65. The zero-order chi connectivity index (χ0) is 20.6. The van der Waals surface area contributed by atoms with Crippen molar-refractivity contribution in [3.05, 3.63) is 12.2 Å². The van der Waals surface area contributed by atoms with E-state index < -0.39 is 0 Å². The molecule has 2 atom stereocenters. The van der Waals surface area contributed by atoms with Crippen LogP contribution in [0.5, 0.6) is 0 Å². The molecule has 0 radical (unpaired) electrons. The summed E-state index contributed by atoms with van der Waals surface area (Å²) in [5.41, 5.74) is 0.978. The van der Waals surface area contributed by atoms with Gasteiger partial charge < -0.3 is 0 Å². The molecule has 3 aliphatic carbocycles. The summed E-state index contributed by atoms with van der Waals surface area (Å²) in [7, 11) is 0. The van der Waals surface area contributed by atoms with Crippen molar-refractivity contribution < 1.29 is 4.79 Å². The van der Waals surface area contributed by atoms with Crippen LogP contribution in [-0.2, 0) is 4.79 Å². The fourth-order valence-corrected chi connectivity index (χ4v) is 5.55. The maximum absolute atomic E-state index is 12.7. The molecule has 1 heteroatoms. The quantitative estimate of drug-likeness (QED) is 0.369. The number of hydrogen-bond acceptors (Lipinski definition) is 1. The number of ketones is 1. The number of carbonyl (C=O) groups excluding carboxylic acids is 1. The van der Waals surface area contributed by atoms with Crippen LogP contribution in [0.1, 0.15) is 148 Å². The Balaban J connectivity index is 1.68. The summed E-state index contributed by atoms with van der Waals surface area (Å²) in [4.78, 5) is 12.7. The van der Waals surface area contributed by atoms with E-state index in [4.69, 9.17) is 0 Å². The first-order chi connectivity index (χ1) is 14.3. The van der Waals surface area contributed by atoms with Crippen molar-refractivity contribution in [3.8, 4) is 0 Å². The molecule has 3 aliphatic rings. The second-order valence-electron chi connectivity index (χ2n) is 10.2. The number of carbonyl (C=O) groups is 1. The van der Waals surface area contributed by atoms with Crippen LogP contribution in [0, 0.1) is 11.8 Å². The highest BCUT2D eigenvalue weighted by Crippen LogP contribution is 2.35. The Labute approximate surface area is 182 Å². The van der Waals surface area contributed by atoms with Crippen molar-refractivity contribution >= 4 is 5.78 Å². The Kier molecular flexibility index (Phi) is 13.7. The maximum Gasteiger partial charge on any atom is 0.161 e. The topological polar surface area (TPSA) is 17.1 Å². The summed E-state index contributed by atoms with van der Waals surface area (Å²) in [5.74, 6) is 1.22. The average molecular weight is 403 g/mol. The lowest BCUT2D eigenvalue weighted by atomic mass is 9.74. The summed E-state index contributed by atoms with van der Waals surface area (Å²) in [6, 6.07) is 0. The predicted molar refractivity (Wildman–Crippen MR) is 127 cm³/mol. The van der Waals surface area contributed by atoms with Crippen LogP contribution in [0.15, 0.2) is 12.2 Å². The Morgan fingerprint density at radius 1 is 0.414 bits per heavy atom. The first kappa shape index (κ1) is 24.7. The molecule has 3 saturated carbocycles. The summed E-state index contributed by atoms with van der Waals surface area (Å²) < 4.78 is 0. The van der Waals surface area contributed by atoms with Gasteiger partial charge in [-0.25, -0.2) is 0 Å². The normalized spacial score (nSPS) is 29.1. The molecule has 1 nitrogen and oxygen atoms in total. The molecular formula is C28H50O. The van der Waals surface area contributed by atoms with Gasteiger partial charge in [-0.3, -0.25) is 4.79 Å². The van der Waals surface area contributed by atoms with E-state index in [0.29, 0.717) is 17.6 Å². The average Bonchev–Trinajstić information content (AvgIpc) is 2.72. The summed E-state index contributed by atoms with van der Waals surface area (Å²) in [5, 5.41) is 0. The molecular weight excluding hydrogens is 352 g/mol. The lowest BCUT2D eigenvalue weighted by Gasteiger charge is -2.29. The van der Waals surface area contributed by atoms with E-state index in [1.807, 2.05) is 0 Å². The van der Waals surface area contributed by atoms with E-state index in [1.54, 1.807) is 0 Å². The largest absolute Gasteiger partial charge is 0.294 e. The van der Waals surface area contributed by atoms with Gasteiger partial charge in [-0.15, -0.1) is 0 Å². The highest BCUT2D eigenvalue weighted by molar-refractivity contribution is 5.97. The monoisotopic (exact) mass is 402 g/mol. The lowest BCUT2D eigenvalue weighted by Crippen LogP contribution is -2.27. The molecule has 168 valence electrons. The summed E-state index contributed by atoms with van der Waals surface area (Å²) >= 11 is 0. The van der Waals surface area contributed by atoms with Gasteiger partial charge >= 0.3 is 0 Å². The fourth-order valence-electron chi connectivity index (χ4n) is 5.55. The van der Waals surface area contributed by atoms with Crippen LogP contribution in [0.4, 0.5) is 0 Å². The zero-order valence-electron chi connectivity index (χ0n) is 19.5. The van der Waals surface area contributed by atoms with Gasteiger partial charge in [0.1, 0.15) is 0 Å². The van der Waals surface area contributed by atoms with Gasteiger partial charge in [-0.05, 0) is 37.2 Å². The van der Waals surface area contributed by atoms with Crippen molar-refractivity contribution in [1.82, 2.24) is 0 Å². The van der Waals surface area contributed by atoms with E-state index in [9.17, 15) is 4.79 Å². The van der Waals surface area contributed by atoms with Crippen LogP contribution in [-0.4, -0.2) is 5.78 Å². The second-order valence-corrected chi connectivity index (χ2v) is 10.2. The summed E-state index contributed by atoms with van der Waals surface area (Å²) in [6.07, 6.45) is 31.3. The van der Waals surface area contributed by atoms with Crippen molar-refractivity contribution in [2.45, 2.75) is 148 Å². The minimum absolute atomic E-state index is 0.299. The van der Waals surface area contributed by atoms with Crippen molar-refractivity contribution in [1.29, 1.82) is 0 Å². The number of hydrogen-bond donors (Lipinski definition) is 0. The smallest absolute Gasteiger partial charge is 0.161 e. The molecule has 0 amide bonds. The minimum Gasteiger partial charge on any atom is -0.294 e. The third-order valence-corrected chi connectivity index (χ3v) is 7.65. The first-order valence-corrected chi connectivity index (χ1v) is 13.5. The van der Waals surface area contributed by atoms with Gasteiger partial charge in [0.15, 0.2) is 5.78 Å². The molecule has 2 bridgehead atoms. The Morgan fingerprint density at radius 3 is 1.07 bits per heavy atom. The molecule has 29 heavy (non-hydrogen) atoms. The van der Waals surface area contributed by atoms with Gasteiger partial charge in [0.05, 0.1) is 0 Å². The molecule has 0 N–H and O–H groups in total.